The number of benzene rings is 2. The minimum absolute atomic E-state index is 0.00738. The molecule has 0 N–H and O–H groups in total. The molecule has 6 heteroatoms. The van der Waals surface area contributed by atoms with E-state index in [1.807, 2.05) is 47.4 Å². The molecular formula is C22H24N2O4. The smallest absolute Gasteiger partial charge is 0.408 e. The van der Waals surface area contributed by atoms with Crippen LogP contribution in [-0.2, 0) is 22.7 Å². The zero-order chi connectivity index (χ0) is 19.3. The van der Waals surface area contributed by atoms with Gasteiger partial charge in [0.25, 0.3) is 0 Å². The van der Waals surface area contributed by atoms with E-state index in [0.717, 1.165) is 24.9 Å². The van der Waals surface area contributed by atoms with Gasteiger partial charge in [-0.25, -0.2) is 4.79 Å². The lowest BCUT2D eigenvalue weighted by Crippen LogP contribution is -2.43. The zero-order valence-corrected chi connectivity index (χ0v) is 15.8. The van der Waals surface area contributed by atoms with Crippen LogP contribution in [0.1, 0.15) is 18.4 Å². The maximum absolute atomic E-state index is 12.8. The van der Waals surface area contributed by atoms with E-state index >= 15 is 0 Å². The first kappa shape index (κ1) is 18.5. The van der Waals surface area contributed by atoms with Crippen LogP contribution >= 0.6 is 0 Å². The number of amides is 1. The van der Waals surface area contributed by atoms with Gasteiger partial charge in [-0.2, -0.15) is 0 Å². The van der Waals surface area contributed by atoms with E-state index in [0.29, 0.717) is 36.8 Å². The average Bonchev–Trinajstić information content (AvgIpc) is 3.04. The van der Waals surface area contributed by atoms with E-state index < -0.39 is 5.76 Å². The minimum atomic E-state index is -0.491. The summed E-state index contributed by atoms with van der Waals surface area (Å²) in [6.45, 7) is 2.61. The Kier molecular flexibility index (Phi) is 5.58. The second-order valence-electron chi connectivity index (χ2n) is 7.27. The van der Waals surface area contributed by atoms with Crippen molar-refractivity contribution in [2.45, 2.75) is 26.0 Å². The fraction of sp³-hybridized carbons (Fsp3) is 0.364. The molecule has 0 aliphatic carbocycles. The Morgan fingerprint density at radius 3 is 2.75 bits per heavy atom. The molecule has 0 bridgehead atoms. The molecule has 3 aromatic rings. The summed E-state index contributed by atoms with van der Waals surface area (Å²) < 4.78 is 12.5. The molecule has 1 atom stereocenters. The molecule has 1 unspecified atom stereocenters. The number of hydrogen-bond donors (Lipinski definition) is 0. The van der Waals surface area contributed by atoms with Crippen molar-refractivity contribution in [3.8, 4) is 0 Å². The lowest BCUT2D eigenvalue weighted by atomic mass is 9.99. The number of ether oxygens (including phenoxy) is 1. The molecule has 6 nitrogen and oxygen atoms in total. The first-order valence-electron chi connectivity index (χ1n) is 9.68. The lowest BCUT2D eigenvalue weighted by molar-refractivity contribution is -0.134. The Hall–Kier alpha value is -2.86. The van der Waals surface area contributed by atoms with Crippen molar-refractivity contribution in [2.75, 3.05) is 19.7 Å². The van der Waals surface area contributed by atoms with Crippen molar-refractivity contribution in [1.29, 1.82) is 0 Å². The van der Waals surface area contributed by atoms with Gasteiger partial charge >= 0.3 is 5.76 Å². The Morgan fingerprint density at radius 1 is 1.11 bits per heavy atom. The summed E-state index contributed by atoms with van der Waals surface area (Å²) in [5.74, 6) is -0.227. The Labute approximate surface area is 163 Å². The number of piperidine rings is 1. The third kappa shape index (κ3) is 4.17. The van der Waals surface area contributed by atoms with Crippen LogP contribution in [0.25, 0.3) is 11.1 Å². The van der Waals surface area contributed by atoms with Crippen molar-refractivity contribution < 1.29 is 13.9 Å². The standard InChI is InChI=1S/C22H24N2O4/c25-21(14-24-19-10-4-5-11-20(19)28-22(24)26)23-12-6-9-18(13-23)16-27-15-17-7-2-1-3-8-17/h1-5,7-8,10-11,18H,6,9,12-16H2. The third-order valence-corrected chi connectivity index (χ3v) is 5.20. The summed E-state index contributed by atoms with van der Waals surface area (Å²) in [4.78, 5) is 26.7. The largest absolute Gasteiger partial charge is 0.420 e. The number of hydrogen-bond acceptors (Lipinski definition) is 4. The molecule has 0 radical (unpaired) electrons. The molecule has 0 spiro atoms. The molecule has 146 valence electrons. The molecule has 28 heavy (non-hydrogen) atoms. The summed E-state index contributed by atoms with van der Waals surface area (Å²) >= 11 is 0. The molecule has 1 aliphatic heterocycles. The average molecular weight is 380 g/mol. The monoisotopic (exact) mass is 380 g/mol. The molecule has 1 saturated heterocycles. The highest BCUT2D eigenvalue weighted by atomic mass is 16.5. The van der Waals surface area contributed by atoms with Gasteiger partial charge in [-0.15, -0.1) is 0 Å². The van der Waals surface area contributed by atoms with E-state index in [-0.39, 0.29) is 12.5 Å². The van der Waals surface area contributed by atoms with Gasteiger partial charge in [-0.1, -0.05) is 42.5 Å². The lowest BCUT2D eigenvalue weighted by Gasteiger charge is -2.32. The number of oxazole rings is 1. The topological polar surface area (TPSA) is 64.7 Å². The van der Waals surface area contributed by atoms with Crippen LogP contribution < -0.4 is 5.76 Å². The van der Waals surface area contributed by atoms with Crippen LogP contribution in [0.2, 0.25) is 0 Å². The highest BCUT2D eigenvalue weighted by Crippen LogP contribution is 2.19. The third-order valence-electron chi connectivity index (χ3n) is 5.20. The van der Waals surface area contributed by atoms with Crippen LogP contribution in [-0.4, -0.2) is 35.1 Å². The van der Waals surface area contributed by atoms with Gasteiger partial charge in [-0.3, -0.25) is 9.36 Å². The highest BCUT2D eigenvalue weighted by molar-refractivity contribution is 5.79. The first-order valence-corrected chi connectivity index (χ1v) is 9.68. The normalized spacial score (nSPS) is 17.1. The van der Waals surface area contributed by atoms with E-state index in [1.54, 1.807) is 12.1 Å². The maximum Gasteiger partial charge on any atom is 0.420 e. The van der Waals surface area contributed by atoms with Crippen LogP contribution in [0.4, 0.5) is 0 Å². The molecule has 0 saturated carbocycles. The number of carbonyl (C=O) groups excluding carboxylic acids is 1. The van der Waals surface area contributed by atoms with Gasteiger partial charge < -0.3 is 14.1 Å². The number of likely N-dealkylation sites (tertiary alicyclic amines) is 1. The molecular weight excluding hydrogens is 356 g/mol. The molecule has 1 aromatic heterocycles. The summed E-state index contributed by atoms with van der Waals surface area (Å²) in [5, 5.41) is 0. The first-order chi connectivity index (χ1) is 13.7. The predicted octanol–water partition coefficient (Wildman–Crippen LogP) is 3.05. The SMILES string of the molecule is O=C(Cn1c(=O)oc2ccccc21)N1CCCC(COCc2ccccc2)C1. The van der Waals surface area contributed by atoms with Crippen molar-refractivity contribution in [3.63, 3.8) is 0 Å². The molecule has 1 amide bonds. The second kappa shape index (κ2) is 8.44. The molecule has 1 aliphatic rings. The van der Waals surface area contributed by atoms with Gasteiger partial charge in [0.2, 0.25) is 5.91 Å². The highest BCUT2D eigenvalue weighted by Gasteiger charge is 2.25. The second-order valence-corrected chi connectivity index (χ2v) is 7.27. The number of aromatic nitrogens is 1. The van der Waals surface area contributed by atoms with Crippen LogP contribution in [0.3, 0.4) is 0 Å². The van der Waals surface area contributed by atoms with Gasteiger partial charge in [0.1, 0.15) is 6.54 Å². The predicted molar refractivity (Wildman–Crippen MR) is 106 cm³/mol. The van der Waals surface area contributed by atoms with Crippen molar-refractivity contribution in [3.05, 3.63) is 70.7 Å². The van der Waals surface area contributed by atoms with E-state index in [9.17, 15) is 9.59 Å². The van der Waals surface area contributed by atoms with E-state index in [1.165, 1.54) is 4.57 Å². The Balaban J connectivity index is 1.34. The summed E-state index contributed by atoms with van der Waals surface area (Å²) in [6.07, 6.45) is 2.00. The van der Waals surface area contributed by atoms with Crippen molar-refractivity contribution in [1.82, 2.24) is 9.47 Å². The van der Waals surface area contributed by atoms with Crippen LogP contribution in [0.5, 0.6) is 0 Å². The van der Waals surface area contributed by atoms with Gasteiger partial charge in [0, 0.05) is 13.1 Å². The fourth-order valence-corrected chi connectivity index (χ4v) is 3.74. The van der Waals surface area contributed by atoms with Crippen molar-refractivity contribution >= 4 is 17.0 Å². The van der Waals surface area contributed by atoms with Gasteiger partial charge in [0.15, 0.2) is 5.58 Å². The number of rotatable bonds is 6. The number of fused-ring (bicyclic) bond motifs is 1. The summed E-state index contributed by atoms with van der Waals surface area (Å²) in [5.41, 5.74) is 2.31. The van der Waals surface area contributed by atoms with E-state index in [4.69, 9.17) is 9.15 Å². The van der Waals surface area contributed by atoms with Crippen LogP contribution in [0.15, 0.2) is 63.8 Å². The number of nitrogens with zero attached hydrogens (tertiary/aromatic N) is 2. The Morgan fingerprint density at radius 2 is 1.89 bits per heavy atom. The summed E-state index contributed by atoms with van der Waals surface area (Å²) in [6, 6.07) is 17.3. The fourth-order valence-electron chi connectivity index (χ4n) is 3.74. The molecule has 1 fully saturated rings. The van der Waals surface area contributed by atoms with Gasteiger partial charge in [0.05, 0.1) is 18.7 Å². The zero-order valence-electron chi connectivity index (χ0n) is 15.8. The Bertz CT molecular complexity index is 992. The molecule has 2 aromatic carbocycles. The molecule has 4 rings (SSSR count). The van der Waals surface area contributed by atoms with Crippen LogP contribution in [0, 0.1) is 5.92 Å². The quantitative estimate of drug-likeness (QED) is 0.659. The number of carbonyl (C=O) groups is 1. The minimum Gasteiger partial charge on any atom is -0.408 e. The number of para-hydroxylation sites is 2. The summed E-state index contributed by atoms with van der Waals surface area (Å²) in [7, 11) is 0. The van der Waals surface area contributed by atoms with Gasteiger partial charge in [-0.05, 0) is 36.5 Å². The maximum atomic E-state index is 12.8. The van der Waals surface area contributed by atoms with Crippen molar-refractivity contribution in [2.24, 2.45) is 5.92 Å². The molecule has 2 heterocycles. The van der Waals surface area contributed by atoms with E-state index in [2.05, 4.69) is 0 Å².